The summed E-state index contributed by atoms with van der Waals surface area (Å²) in [5.74, 6) is 6.95. The highest BCUT2D eigenvalue weighted by molar-refractivity contribution is 7.99. The van der Waals surface area contributed by atoms with E-state index in [1.165, 1.54) is 22.0 Å². The van der Waals surface area contributed by atoms with E-state index in [-0.39, 0.29) is 11.7 Å². The number of carbonyl (C=O) groups is 1. The molecule has 112 valence electrons. The van der Waals surface area contributed by atoms with E-state index < -0.39 is 0 Å². The van der Waals surface area contributed by atoms with Crippen molar-refractivity contribution in [1.29, 1.82) is 0 Å². The first-order valence-electron chi connectivity index (χ1n) is 6.67. The molecule has 1 aromatic heterocycles. The van der Waals surface area contributed by atoms with Crippen LogP contribution < -0.4 is 11.2 Å². The molecule has 0 atom stereocenters. The zero-order valence-electron chi connectivity index (χ0n) is 12.3. The van der Waals surface area contributed by atoms with E-state index >= 15 is 0 Å². The van der Waals surface area contributed by atoms with Crippen molar-refractivity contribution < 1.29 is 4.79 Å². The lowest BCUT2D eigenvalue weighted by Crippen LogP contribution is -2.16. The van der Waals surface area contributed by atoms with Gasteiger partial charge in [-0.25, -0.2) is 4.68 Å². The number of hydrogen-bond donors (Lipinski definition) is 2. The monoisotopic (exact) mass is 305 g/mol. The molecule has 1 aromatic carbocycles. The van der Waals surface area contributed by atoms with Crippen molar-refractivity contribution in [3.63, 3.8) is 0 Å². The van der Waals surface area contributed by atoms with Crippen molar-refractivity contribution in [3.05, 3.63) is 35.7 Å². The number of carbonyl (C=O) groups excluding carboxylic acids is 1. The lowest BCUT2D eigenvalue weighted by atomic mass is 10.0. The minimum atomic E-state index is -0.0991. The molecule has 21 heavy (non-hydrogen) atoms. The Kier molecular flexibility index (Phi) is 4.85. The number of rotatable bonds is 5. The largest absolute Gasteiger partial charge is 0.336 e. The highest BCUT2D eigenvalue weighted by Crippen LogP contribution is 2.18. The lowest BCUT2D eigenvalue weighted by Gasteiger charge is -2.08. The fourth-order valence-electron chi connectivity index (χ4n) is 1.73. The molecule has 6 nitrogen and oxygen atoms in total. The summed E-state index contributed by atoms with van der Waals surface area (Å²) in [6, 6.07) is 7.86. The Morgan fingerprint density at radius 1 is 1.33 bits per heavy atom. The minimum absolute atomic E-state index is 0.0991. The second-order valence-electron chi connectivity index (χ2n) is 5.01. The first-order valence-corrected chi connectivity index (χ1v) is 7.65. The Hall–Kier alpha value is -2.02. The third-order valence-electron chi connectivity index (χ3n) is 3.03. The molecule has 2 aromatic rings. The van der Waals surface area contributed by atoms with Crippen LogP contribution in [0.3, 0.4) is 0 Å². The number of thioether (sulfide) groups is 1. The molecule has 7 heteroatoms. The van der Waals surface area contributed by atoms with Crippen LogP contribution in [0.25, 0.3) is 0 Å². The molecule has 3 N–H and O–H groups in total. The van der Waals surface area contributed by atoms with Crippen molar-refractivity contribution >= 4 is 23.4 Å². The van der Waals surface area contributed by atoms with Gasteiger partial charge in [0.2, 0.25) is 11.1 Å². The summed E-state index contributed by atoms with van der Waals surface area (Å²) in [4.78, 5) is 11.9. The summed E-state index contributed by atoms with van der Waals surface area (Å²) in [5.41, 5.74) is 2.03. The van der Waals surface area contributed by atoms with E-state index in [9.17, 15) is 4.79 Å². The molecule has 0 aliphatic carbocycles. The fraction of sp³-hybridized carbons (Fsp3) is 0.357. The normalized spacial score (nSPS) is 10.9. The molecule has 1 amide bonds. The van der Waals surface area contributed by atoms with Crippen LogP contribution in [0.15, 0.2) is 29.4 Å². The number of nitrogens with one attached hydrogen (secondary N) is 1. The topological polar surface area (TPSA) is 85.8 Å². The van der Waals surface area contributed by atoms with Gasteiger partial charge in [-0.15, -0.1) is 10.2 Å². The summed E-state index contributed by atoms with van der Waals surface area (Å²) in [5, 5.41) is 11.1. The van der Waals surface area contributed by atoms with Gasteiger partial charge >= 0.3 is 0 Å². The molecule has 2 rings (SSSR count). The van der Waals surface area contributed by atoms with E-state index in [4.69, 9.17) is 5.84 Å². The van der Waals surface area contributed by atoms with Crippen LogP contribution in [0.1, 0.15) is 31.2 Å². The van der Waals surface area contributed by atoms with Crippen molar-refractivity contribution in [2.45, 2.75) is 31.8 Å². The first-order chi connectivity index (χ1) is 9.97. The van der Waals surface area contributed by atoms with Gasteiger partial charge in [0.15, 0.2) is 0 Å². The van der Waals surface area contributed by atoms with Crippen LogP contribution in [0, 0.1) is 6.92 Å². The quantitative estimate of drug-likeness (QED) is 0.653. The maximum Gasteiger partial charge on any atom is 0.234 e. The van der Waals surface area contributed by atoms with Gasteiger partial charge in [-0.1, -0.05) is 37.7 Å². The van der Waals surface area contributed by atoms with E-state index in [1.54, 1.807) is 6.92 Å². The molecule has 0 spiro atoms. The lowest BCUT2D eigenvalue weighted by molar-refractivity contribution is -0.113. The van der Waals surface area contributed by atoms with Gasteiger partial charge in [0.1, 0.15) is 5.82 Å². The number of aromatic nitrogens is 3. The highest BCUT2D eigenvalue weighted by Gasteiger charge is 2.10. The molecule has 0 radical (unpaired) electrons. The number of aryl methyl sites for hydroxylation is 1. The number of anilines is 1. The highest BCUT2D eigenvalue weighted by atomic mass is 32.2. The van der Waals surface area contributed by atoms with Gasteiger partial charge in [0.05, 0.1) is 5.75 Å². The average molecular weight is 305 g/mol. The molecular weight excluding hydrogens is 286 g/mol. The van der Waals surface area contributed by atoms with E-state index in [0.717, 1.165) is 5.69 Å². The van der Waals surface area contributed by atoms with Crippen LogP contribution in [0.5, 0.6) is 0 Å². The van der Waals surface area contributed by atoms with Crippen LogP contribution >= 0.6 is 11.8 Å². The molecule has 1 heterocycles. The Balaban J connectivity index is 1.88. The van der Waals surface area contributed by atoms with Gasteiger partial charge in [-0.2, -0.15) is 0 Å². The third-order valence-corrected chi connectivity index (χ3v) is 3.97. The summed E-state index contributed by atoms with van der Waals surface area (Å²) in [6.45, 7) is 6.03. The fourth-order valence-corrected chi connectivity index (χ4v) is 2.43. The summed E-state index contributed by atoms with van der Waals surface area (Å²) in [6.07, 6.45) is 0. The maximum absolute atomic E-state index is 11.9. The van der Waals surface area contributed by atoms with E-state index in [2.05, 4.69) is 29.4 Å². The standard InChI is InChI=1S/C14H19N5OS/c1-9(2)11-4-6-12(7-5-11)16-13(20)8-21-14-18-17-10(3)19(14)15/h4-7,9H,8,15H2,1-3H3,(H,16,20). The van der Waals surface area contributed by atoms with Crippen LogP contribution in [0.4, 0.5) is 5.69 Å². The molecular formula is C14H19N5OS. The molecule has 0 bridgehead atoms. The Morgan fingerprint density at radius 2 is 2.00 bits per heavy atom. The number of nitrogens with two attached hydrogens (primary N) is 1. The number of hydrogen-bond acceptors (Lipinski definition) is 5. The molecule has 0 aliphatic rings. The zero-order chi connectivity index (χ0) is 15.4. The number of benzene rings is 1. The molecule has 0 unspecified atom stereocenters. The van der Waals surface area contributed by atoms with Crippen LogP contribution in [0.2, 0.25) is 0 Å². The van der Waals surface area contributed by atoms with E-state index in [1.807, 2.05) is 24.3 Å². The van der Waals surface area contributed by atoms with Crippen molar-refractivity contribution in [2.24, 2.45) is 0 Å². The smallest absolute Gasteiger partial charge is 0.234 e. The van der Waals surface area contributed by atoms with Gasteiger partial charge in [-0.3, -0.25) is 4.79 Å². The van der Waals surface area contributed by atoms with Gasteiger partial charge in [0.25, 0.3) is 0 Å². The predicted molar refractivity (Wildman–Crippen MR) is 84.8 cm³/mol. The van der Waals surface area contributed by atoms with Gasteiger partial charge < -0.3 is 11.2 Å². The zero-order valence-corrected chi connectivity index (χ0v) is 13.1. The number of amides is 1. The van der Waals surface area contributed by atoms with Gasteiger partial charge in [-0.05, 0) is 30.5 Å². The minimum Gasteiger partial charge on any atom is -0.336 e. The van der Waals surface area contributed by atoms with Crippen LogP contribution in [-0.4, -0.2) is 26.5 Å². The molecule has 0 aliphatic heterocycles. The number of nitrogens with zero attached hydrogens (tertiary/aromatic N) is 3. The first kappa shape index (κ1) is 15.4. The average Bonchev–Trinajstić information content (AvgIpc) is 2.77. The summed E-state index contributed by atoms with van der Waals surface area (Å²) < 4.78 is 1.37. The number of nitrogen functional groups attached to an aromatic ring is 1. The molecule has 0 saturated heterocycles. The maximum atomic E-state index is 11.9. The molecule has 0 fully saturated rings. The van der Waals surface area contributed by atoms with E-state index in [0.29, 0.717) is 16.9 Å². The summed E-state index contributed by atoms with van der Waals surface area (Å²) in [7, 11) is 0. The van der Waals surface area contributed by atoms with Gasteiger partial charge in [0, 0.05) is 5.69 Å². The Labute approximate surface area is 128 Å². The van der Waals surface area contributed by atoms with Crippen molar-refractivity contribution in [1.82, 2.24) is 14.9 Å². The third kappa shape index (κ3) is 3.98. The van der Waals surface area contributed by atoms with Crippen LogP contribution in [-0.2, 0) is 4.79 Å². The van der Waals surface area contributed by atoms with Crippen molar-refractivity contribution in [2.75, 3.05) is 16.9 Å². The van der Waals surface area contributed by atoms with Crippen molar-refractivity contribution in [3.8, 4) is 0 Å². The summed E-state index contributed by atoms with van der Waals surface area (Å²) >= 11 is 1.26. The second kappa shape index (κ2) is 6.62. The Morgan fingerprint density at radius 3 is 2.52 bits per heavy atom. The Bertz CT molecular complexity index is 621. The SMILES string of the molecule is Cc1nnc(SCC(=O)Nc2ccc(C(C)C)cc2)n1N. The predicted octanol–water partition coefficient (Wildman–Crippen LogP) is 2.15. The molecule has 0 saturated carbocycles. The second-order valence-corrected chi connectivity index (χ2v) is 5.96.